The second-order valence-electron chi connectivity index (χ2n) is 2.59. The van der Waals surface area contributed by atoms with Crippen molar-refractivity contribution >= 4 is 0 Å². The lowest BCUT2D eigenvalue weighted by Crippen LogP contribution is -2.13. The first-order valence-corrected chi connectivity index (χ1v) is 3.66. The highest BCUT2D eigenvalue weighted by atomic mass is 19.2. The Morgan fingerprint density at radius 3 is 1.86 bits per heavy atom. The number of nitrogens with two attached hydrogens (primary N) is 1. The first kappa shape index (κ1) is 10.9. The summed E-state index contributed by atoms with van der Waals surface area (Å²) in [6.45, 7) is -0.753. The summed E-state index contributed by atoms with van der Waals surface area (Å²) >= 11 is 0. The first-order chi connectivity index (χ1) is 6.49. The normalized spacial score (nSPS) is 13.0. The molecular formula is C8H6F5N. The summed E-state index contributed by atoms with van der Waals surface area (Å²) in [6.07, 6.45) is -2.26. The fourth-order valence-corrected chi connectivity index (χ4v) is 0.984. The predicted octanol–water partition coefficient (Wildman–Crippen LogP) is 2.21. The quantitative estimate of drug-likeness (QED) is 0.589. The Morgan fingerprint density at radius 2 is 1.50 bits per heavy atom. The van der Waals surface area contributed by atoms with E-state index in [9.17, 15) is 22.0 Å². The van der Waals surface area contributed by atoms with Crippen LogP contribution in [0.4, 0.5) is 22.0 Å². The maximum atomic E-state index is 12.8. The summed E-state index contributed by atoms with van der Waals surface area (Å²) in [5, 5.41) is 0. The van der Waals surface area contributed by atoms with Crippen molar-refractivity contribution in [2.75, 3.05) is 6.54 Å². The molecule has 0 aromatic heterocycles. The number of benzene rings is 1. The molecule has 0 spiro atoms. The van der Waals surface area contributed by atoms with E-state index in [1.165, 1.54) is 0 Å². The van der Waals surface area contributed by atoms with Crippen LogP contribution in [0.1, 0.15) is 11.7 Å². The third kappa shape index (κ3) is 1.70. The molecule has 0 radical (unpaired) electrons. The highest BCUT2D eigenvalue weighted by Gasteiger charge is 2.24. The van der Waals surface area contributed by atoms with Gasteiger partial charge in [0, 0.05) is 12.6 Å². The summed E-state index contributed by atoms with van der Waals surface area (Å²) in [7, 11) is 0. The molecule has 1 atom stereocenters. The van der Waals surface area contributed by atoms with Crippen molar-refractivity contribution in [1.29, 1.82) is 0 Å². The molecule has 0 amide bonds. The van der Waals surface area contributed by atoms with Crippen molar-refractivity contribution in [1.82, 2.24) is 0 Å². The maximum absolute atomic E-state index is 12.8. The number of hydrogen-bond acceptors (Lipinski definition) is 1. The molecule has 0 bridgehead atoms. The molecule has 6 heteroatoms. The van der Waals surface area contributed by atoms with Gasteiger partial charge in [-0.1, -0.05) is 0 Å². The largest absolute Gasteiger partial charge is 0.327 e. The molecule has 1 nitrogen and oxygen atoms in total. The van der Waals surface area contributed by atoms with Gasteiger partial charge in [0.2, 0.25) is 0 Å². The maximum Gasteiger partial charge on any atom is 0.168 e. The van der Waals surface area contributed by atoms with E-state index in [4.69, 9.17) is 5.73 Å². The van der Waals surface area contributed by atoms with Gasteiger partial charge in [-0.05, 0) is 0 Å². The van der Waals surface area contributed by atoms with E-state index in [-0.39, 0.29) is 6.07 Å². The SMILES string of the molecule is NCC(F)c1c(F)c(F)cc(F)c1F. The van der Waals surface area contributed by atoms with Gasteiger partial charge in [-0.15, -0.1) is 0 Å². The monoisotopic (exact) mass is 211 g/mol. The standard InChI is InChI=1S/C8H6F5N/c9-3-1-4(10)8(13)6(7(3)12)5(11)2-14/h1,5H,2,14H2. The second-order valence-corrected chi connectivity index (χ2v) is 2.59. The Bertz CT molecular complexity index is 326. The first-order valence-electron chi connectivity index (χ1n) is 3.66. The second kappa shape index (κ2) is 3.91. The Hall–Kier alpha value is -1.17. The van der Waals surface area contributed by atoms with Crippen molar-refractivity contribution in [2.24, 2.45) is 5.73 Å². The van der Waals surface area contributed by atoms with Crippen LogP contribution in [0.2, 0.25) is 0 Å². The van der Waals surface area contributed by atoms with Gasteiger partial charge >= 0.3 is 0 Å². The lowest BCUT2D eigenvalue weighted by atomic mass is 10.1. The van der Waals surface area contributed by atoms with E-state index < -0.39 is 41.5 Å². The Morgan fingerprint density at radius 1 is 1.07 bits per heavy atom. The van der Waals surface area contributed by atoms with E-state index in [0.717, 1.165) is 0 Å². The predicted molar refractivity (Wildman–Crippen MR) is 39.2 cm³/mol. The van der Waals surface area contributed by atoms with Crippen molar-refractivity contribution < 1.29 is 22.0 Å². The molecule has 78 valence electrons. The molecule has 1 aromatic rings. The van der Waals surface area contributed by atoms with Gasteiger partial charge in [0.1, 0.15) is 6.17 Å². The van der Waals surface area contributed by atoms with Crippen LogP contribution in [-0.4, -0.2) is 6.54 Å². The average Bonchev–Trinajstić information content (AvgIpc) is 2.15. The summed E-state index contributed by atoms with van der Waals surface area (Å²) in [5.74, 6) is -6.78. The molecule has 14 heavy (non-hydrogen) atoms. The Labute approximate surface area is 76.3 Å². The van der Waals surface area contributed by atoms with Crippen LogP contribution in [-0.2, 0) is 0 Å². The molecule has 0 heterocycles. The van der Waals surface area contributed by atoms with Crippen LogP contribution in [0.25, 0.3) is 0 Å². The number of rotatable bonds is 2. The summed E-state index contributed by atoms with van der Waals surface area (Å²) in [4.78, 5) is 0. The van der Waals surface area contributed by atoms with Gasteiger partial charge in [-0.25, -0.2) is 22.0 Å². The topological polar surface area (TPSA) is 26.0 Å². The summed E-state index contributed by atoms with van der Waals surface area (Å²) in [6, 6.07) is 0.0113. The number of halogens is 5. The van der Waals surface area contributed by atoms with Crippen LogP contribution in [0, 0.1) is 23.3 Å². The van der Waals surface area contributed by atoms with Gasteiger partial charge in [0.15, 0.2) is 23.3 Å². The van der Waals surface area contributed by atoms with Crippen molar-refractivity contribution in [3.05, 3.63) is 34.9 Å². The minimum Gasteiger partial charge on any atom is -0.327 e. The molecular weight excluding hydrogens is 205 g/mol. The minimum absolute atomic E-state index is 0.0113. The zero-order valence-electron chi connectivity index (χ0n) is 6.83. The zero-order valence-corrected chi connectivity index (χ0v) is 6.83. The highest BCUT2D eigenvalue weighted by molar-refractivity contribution is 5.25. The van der Waals surface area contributed by atoms with Gasteiger partial charge < -0.3 is 5.73 Å². The molecule has 0 aliphatic rings. The van der Waals surface area contributed by atoms with Crippen LogP contribution in [0.5, 0.6) is 0 Å². The van der Waals surface area contributed by atoms with E-state index in [1.807, 2.05) is 0 Å². The highest BCUT2D eigenvalue weighted by Crippen LogP contribution is 2.26. The van der Waals surface area contributed by atoms with Crippen molar-refractivity contribution in [3.8, 4) is 0 Å². The molecule has 2 N–H and O–H groups in total. The lowest BCUT2D eigenvalue weighted by Gasteiger charge is -2.09. The van der Waals surface area contributed by atoms with Crippen molar-refractivity contribution in [3.63, 3.8) is 0 Å². The van der Waals surface area contributed by atoms with E-state index in [2.05, 4.69) is 0 Å². The fraction of sp³-hybridized carbons (Fsp3) is 0.250. The van der Waals surface area contributed by atoms with Gasteiger partial charge in [-0.2, -0.15) is 0 Å². The smallest absolute Gasteiger partial charge is 0.168 e. The fourth-order valence-electron chi connectivity index (χ4n) is 0.984. The number of hydrogen-bond donors (Lipinski definition) is 1. The van der Waals surface area contributed by atoms with Crippen LogP contribution < -0.4 is 5.73 Å². The third-order valence-corrected chi connectivity index (χ3v) is 1.67. The average molecular weight is 211 g/mol. The molecule has 1 aromatic carbocycles. The van der Waals surface area contributed by atoms with Gasteiger partial charge in [-0.3, -0.25) is 0 Å². The van der Waals surface area contributed by atoms with Gasteiger partial charge in [0.05, 0.1) is 5.56 Å². The van der Waals surface area contributed by atoms with Gasteiger partial charge in [0.25, 0.3) is 0 Å². The lowest BCUT2D eigenvalue weighted by molar-refractivity contribution is 0.314. The van der Waals surface area contributed by atoms with E-state index in [1.54, 1.807) is 0 Å². The van der Waals surface area contributed by atoms with Crippen LogP contribution in [0.15, 0.2) is 6.07 Å². The molecule has 0 saturated carbocycles. The molecule has 1 rings (SSSR count). The third-order valence-electron chi connectivity index (χ3n) is 1.67. The molecule has 0 fully saturated rings. The minimum atomic E-state index is -2.26. The van der Waals surface area contributed by atoms with Crippen LogP contribution >= 0.6 is 0 Å². The van der Waals surface area contributed by atoms with Crippen molar-refractivity contribution in [2.45, 2.75) is 6.17 Å². The molecule has 0 aliphatic heterocycles. The molecule has 0 saturated heterocycles. The molecule has 0 aliphatic carbocycles. The Balaban J connectivity index is 3.39. The van der Waals surface area contributed by atoms with E-state index in [0.29, 0.717) is 0 Å². The number of alkyl halides is 1. The van der Waals surface area contributed by atoms with Crippen LogP contribution in [0.3, 0.4) is 0 Å². The summed E-state index contributed by atoms with van der Waals surface area (Å²) in [5.41, 5.74) is 3.49. The summed E-state index contributed by atoms with van der Waals surface area (Å²) < 4.78 is 63.5. The molecule has 1 unspecified atom stereocenters. The van der Waals surface area contributed by atoms with E-state index >= 15 is 0 Å². The zero-order chi connectivity index (χ0) is 10.9. The Kier molecular flexibility index (Phi) is 3.05.